The van der Waals surface area contributed by atoms with Gasteiger partial charge >= 0.3 is 0 Å². The van der Waals surface area contributed by atoms with Gasteiger partial charge in [0.1, 0.15) is 0 Å². The SMILES string of the molecule is CC(C)Cc1ccc([C@H](C)NC(=O)CSc2c(Cl)cccc2Cl)cc1. The number of benzene rings is 2. The molecule has 134 valence electrons. The van der Waals surface area contributed by atoms with Crippen LogP contribution in [-0.4, -0.2) is 11.7 Å². The van der Waals surface area contributed by atoms with Crippen molar-refractivity contribution in [1.29, 1.82) is 0 Å². The molecule has 0 saturated heterocycles. The van der Waals surface area contributed by atoms with Crippen molar-refractivity contribution in [2.75, 3.05) is 5.75 Å². The minimum Gasteiger partial charge on any atom is -0.349 e. The van der Waals surface area contributed by atoms with Gasteiger partial charge < -0.3 is 5.32 Å². The van der Waals surface area contributed by atoms with Crippen molar-refractivity contribution < 1.29 is 4.79 Å². The zero-order valence-electron chi connectivity index (χ0n) is 14.7. The van der Waals surface area contributed by atoms with Gasteiger partial charge in [-0.25, -0.2) is 0 Å². The summed E-state index contributed by atoms with van der Waals surface area (Å²) in [6.45, 7) is 6.40. The standard InChI is InChI=1S/C20H23Cl2NOS/c1-13(2)11-15-7-9-16(10-8-15)14(3)23-19(24)12-25-20-17(21)5-4-6-18(20)22/h4-10,13-14H,11-12H2,1-3H3,(H,23,24)/t14-/m0/s1. The lowest BCUT2D eigenvalue weighted by atomic mass is 10.00. The van der Waals surface area contributed by atoms with E-state index in [2.05, 4.69) is 43.4 Å². The Morgan fingerprint density at radius 1 is 1.04 bits per heavy atom. The van der Waals surface area contributed by atoms with Crippen LogP contribution < -0.4 is 5.32 Å². The average Bonchev–Trinajstić information content (AvgIpc) is 2.54. The fraction of sp³-hybridized carbons (Fsp3) is 0.350. The number of hydrogen-bond donors (Lipinski definition) is 1. The molecule has 0 aliphatic carbocycles. The molecule has 0 heterocycles. The van der Waals surface area contributed by atoms with Gasteiger partial charge in [0.2, 0.25) is 5.91 Å². The van der Waals surface area contributed by atoms with Gasteiger partial charge in [0.25, 0.3) is 0 Å². The molecule has 0 fully saturated rings. The number of rotatable bonds is 7. The van der Waals surface area contributed by atoms with Gasteiger partial charge in [0.15, 0.2) is 0 Å². The minimum absolute atomic E-state index is 0.0390. The van der Waals surface area contributed by atoms with E-state index < -0.39 is 0 Å². The van der Waals surface area contributed by atoms with Gasteiger partial charge in [-0.3, -0.25) is 4.79 Å². The van der Waals surface area contributed by atoms with Gasteiger partial charge in [-0.15, -0.1) is 11.8 Å². The molecule has 0 unspecified atom stereocenters. The zero-order valence-corrected chi connectivity index (χ0v) is 17.0. The number of hydrogen-bond acceptors (Lipinski definition) is 2. The molecule has 0 aromatic heterocycles. The summed E-state index contributed by atoms with van der Waals surface area (Å²) in [5.41, 5.74) is 2.42. The first-order valence-corrected chi connectivity index (χ1v) is 10.1. The zero-order chi connectivity index (χ0) is 18.4. The van der Waals surface area contributed by atoms with Crippen LogP contribution in [0, 0.1) is 5.92 Å². The fourth-order valence-electron chi connectivity index (χ4n) is 2.54. The van der Waals surface area contributed by atoms with Crippen molar-refractivity contribution in [2.45, 2.75) is 38.1 Å². The maximum Gasteiger partial charge on any atom is 0.230 e. The molecule has 1 N–H and O–H groups in total. The third-order valence-corrected chi connectivity index (χ3v) is 5.76. The Bertz CT molecular complexity index is 696. The predicted molar refractivity (Wildman–Crippen MR) is 109 cm³/mol. The molecule has 25 heavy (non-hydrogen) atoms. The molecule has 2 rings (SSSR count). The Kier molecular flexibility index (Phi) is 7.67. The first-order valence-electron chi connectivity index (χ1n) is 8.32. The quantitative estimate of drug-likeness (QED) is 0.568. The number of halogens is 2. The minimum atomic E-state index is -0.0419. The molecule has 0 aliphatic rings. The van der Waals surface area contributed by atoms with Crippen molar-refractivity contribution in [3.63, 3.8) is 0 Å². The monoisotopic (exact) mass is 395 g/mol. The van der Waals surface area contributed by atoms with Crippen LogP contribution in [0.4, 0.5) is 0 Å². The molecule has 1 amide bonds. The van der Waals surface area contributed by atoms with Gasteiger partial charge in [0.05, 0.1) is 21.8 Å². The molecule has 2 aromatic rings. The molecule has 2 nitrogen and oxygen atoms in total. The highest BCUT2D eigenvalue weighted by molar-refractivity contribution is 8.00. The van der Waals surface area contributed by atoms with Crippen molar-refractivity contribution in [3.05, 3.63) is 63.6 Å². The van der Waals surface area contributed by atoms with Crippen LogP contribution in [-0.2, 0) is 11.2 Å². The van der Waals surface area contributed by atoms with E-state index in [1.807, 2.05) is 6.92 Å². The van der Waals surface area contributed by atoms with Crippen LogP contribution in [0.5, 0.6) is 0 Å². The molecule has 5 heteroatoms. The Labute approximate surface area is 164 Å². The van der Waals surface area contributed by atoms with E-state index in [9.17, 15) is 4.79 Å². The second-order valence-corrected chi connectivity index (χ2v) is 8.27. The van der Waals surface area contributed by atoms with Crippen LogP contribution in [0.25, 0.3) is 0 Å². The van der Waals surface area contributed by atoms with Crippen molar-refractivity contribution in [3.8, 4) is 0 Å². The molecule has 0 spiro atoms. The molecular weight excluding hydrogens is 373 g/mol. The van der Waals surface area contributed by atoms with Crippen LogP contribution in [0.2, 0.25) is 10.0 Å². The molecule has 0 saturated carbocycles. The van der Waals surface area contributed by atoms with Crippen molar-refractivity contribution in [2.24, 2.45) is 5.92 Å². The lowest BCUT2D eigenvalue weighted by Gasteiger charge is -2.15. The lowest BCUT2D eigenvalue weighted by Crippen LogP contribution is -2.28. The highest BCUT2D eigenvalue weighted by atomic mass is 35.5. The maximum atomic E-state index is 12.2. The number of carbonyl (C=O) groups excluding carboxylic acids is 1. The van der Waals surface area contributed by atoms with E-state index in [4.69, 9.17) is 23.2 Å². The number of nitrogens with one attached hydrogen (secondary N) is 1. The van der Waals surface area contributed by atoms with E-state index >= 15 is 0 Å². The normalized spacial score (nSPS) is 12.2. The van der Waals surface area contributed by atoms with E-state index in [-0.39, 0.29) is 17.7 Å². The summed E-state index contributed by atoms with van der Waals surface area (Å²) in [5.74, 6) is 0.871. The smallest absolute Gasteiger partial charge is 0.230 e. The van der Waals surface area contributed by atoms with Crippen LogP contribution in [0.1, 0.15) is 37.9 Å². The van der Waals surface area contributed by atoms with Crippen LogP contribution in [0.3, 0.4) is 0 Å². The largest absolute Gasteiger partial charge is 0.349 e. The Morgan fingerprint density at radius 3 is 2.20 bits per heavy atom. The second kappa shape index (κ2) is 9.51. The lowest BCUT2D eigenvalue weighted by molar-refractivity contribution is -0.119. The van der Waals surface area contributed by atoms with Gasteiger partial charge in [-0.1, -0.05) is 67.4 Å². The number of carbonyl (C=O) groups is 1. The van der Waals surface area contributed by atoms with E-state index in [1.165, 1.54) is 17.3 Å². The Hall–Kier alpha value is -1.16. The fourth-order valence-corrected chi connectivity index (χ4v) is 4.03. The second-order valence-electron chi connectivity index (χ2n) is 6.47. The summed E-state index contributed by atoms with van der Waals surface area (Å²) in [7, 11) is 0. The van der Waals surface area contributed by atoms with E-state index in [0.29, 0.717) is 16.0 Å². The summed E-state index contributed by atoms with van der Waals surface area (Å²) < 4.78 is 0. The molecule has 2 aromatic carbocycles. The highest BCUT2D eigenvalue weighted by Gasteiger charge is 2.12. The highest BCUT2D eigenvalue weighted by Crippen LogP contribution is 2.33. The van der Waals surface area contributed by atoms with Gasteiger partial charge in [-0.05, 0) is 42.5 Å². The number of amides is 1. The van der Waals surface area contributed by atoms with E-state index in [1.54, 1.807) is 18.2 Å². The van der Waals surface area contributed by atoms with Crippen molar-refractivity contribution in [1.82, 2.24) is 5.32 Å². The first-order chi connectivity index (χ1) is 11.9. The Morgan fingerprint density at radius 2 is 1.64 bits per heavy atom. The molecule has 0 radical (unpaired) electrons. The summed E-state index contributed by atoms with van der Waals surface area (Å²) in [5, 5.41) is 4.16. The topological polar surface area (TPSA) is 29.1 Å². The summed E-state index contributed by atoms with van der Waals surface area (Å²) in [6.07, 6.45) is 1.07. The predicted octanol–water partition coefficient (Wildman–Crippen LogP) is 6.16. The third-order valence-electron chi connectivity index (χ3n) is 3.77. The summed E-state index contributed by atoms with van der Waals surface area (Å²) in [6, 6.07) is 13.7. The summed E-state index contributed by atoms with van der Waals surface area (Å²) >= 11 is 13.6. The first kappa shape index (κ1) is 20.2. The van der Waals surface area contributed by atoms with Crippen molar-refractivity contribution >= 4 is 40.9 Å². The molecule has 1 atom stereocenters. The van der Waals surface area contributed by atoms with E-state index in [0.717, 1.165) is 16.9 Å². The third kappa shape index (κ3) is 6.25. The average molecular weight is 396 g/mol. The summed E-state index contributed by atoms with van der Waals surface area (Å²) in [4.78, 5) is 13.0. The molecule has 0 bridgehead atoms. The van der Waals surface area contributed by atoms with Crippen LogP contribution in [0.15, 0.2) is 47.4 Å². The molecule has 0 aliphatic heterocycles. The number of thioether (sulfide) groups is 1. The van der Waals surface area contributed by atoms with Crippen LogP contribution >= 0.6 is 35.0 Å². The molecular formula is C20H23Cl2NOS. The van der Waals surface area contributed by atoms with Gasteiger partial charge in [0, 0.05) is 4.90 Å². The Balaban J connectivity index is 1.89. The maximum absolute atomic E-state index is 12.2. The van der Waals surface area contributed by atoms with Gasteiger partial charge in [-0.2, -0.15) is 0 Å².